The maximum atomic E-state index is 14.6. The van der Waals surface area contributed by atoms with Crippen molar-refractivity contribution in [2.45, 2.75) is 32.1 Å². The Labute approximate surface area is 232 Å². The molecule has 0 bridgehead atoms. The highest BCUT2D eigenvalue weighted by Crippen LogP contribution is 2.51. The van der Waals surface area contributed by atoms with E-state index in [1.165, 1.54) is 72.8 Å². The van der Waals surface area contributed by atoms with E-state index < -0.39 is 33.9 Å². The van der Waals surface area contributed by atoms with E-state index in [1.807, 2.05) is 0 Å². The number of sulfone groups is 2. The van der Waals surface area contributed by atoms with E-state index in [2.05, 4.69) is 0 Å². The molecule has 9 heteroatoms. The molecule has 0 saturated carbocycles. The van der Waals surface area contributed by atoms with Crippen LogP contribution < -0.4 is 0 Å². The second-order valence-corrected chi connectivity index (χ2v) is 14.6. The highest BCUT2D eigenvalue weighted by molar-refractivity contribution is 7.96. The Balaban J connectivity index is 2.07. The number of ketones is 1. The topological polar surface area (TPSA) is 85.3 Å². The Morgan fingerprint density at radius 2 is 0.816 bits per heavy atom. The van der Waals surface area contributed by atoms with Crippen LogP contribution in [0.2, 0.25) is 0 Å². The van der Waals surface area contributed by atoms with Gasteiger partial charge in [0.2, 0.25) is 33.9 Å². The van der Waals surface area contributed by atoms with E-state index >= 15 is 0 Å². The van der Waals surface area contributed by atoms with E-state index in [1.54, 1.807) is 50.2 Å². The first-order valence-corrected chi connectivity index (χ1v) is 15.3. The molecule has 2 atom stereocenters. The number of alkyl halides is 2. The van der Waals surface area contributed by atoms with Crippen LogP contribution in [0.5, 0.6) is 0 Å². The van der Waals surface area contributed by atoms with Gasteiger partial charge in [-0.3, -0.25) is 4.79 Å². The van der Waals surface area contributed by atoms with E-state index in [0.717, 1.165) is 11.1 Å². The molecule has 2 unspecified atom stereocenters. The molecule has 4 aromatic rings. The lowest BCUT2D eigenvalue weighted by Crippen LogP contribution is -2.51. The van der Waals surface area contributed by atoms with Gasteiger partial charge in [0.1, 0.15) is 0 Å². The predicted octanol–water partition coefficient (Wildman–Crippen LogP) is 6.30. The Bertz CT molecular complexity index is 1540. The second kappa shape index (κ2) is 10.3. The highest BCUT2D eigenvalue weighted by atomic mass is 35.5. The molecule has 0 N–H and O–H groups in total. The van der Waals surface area contributed by atoms with Gasteiger partial charge in [-0.15, -0.1) is 0 Å². The maximum Gasteiger partial charge on any atom is 0.235 e. The number of benzene rings is 4. The summed E-state index contributed by atoms with van der Waals surface area (Å²) in [5, 5.41) is 0. The van der Waals surface area contributed by atoms with E-state index in [-0.39, 0.29) is 20.9 Å². The van der Waals surface area contributed by atoms with Crippen molar-refractivity contribution < 1.29 is 21.6 Å². The molecule has 0 aromatic heterocycles. The molecule has 0 aliphatic carbocycles. The monoisotopic (exact) mass is 586 g/mol. The van der Waals surface area contributed by atoms with Gasteiger partial charge in [-0.05, 0) is 49.2 Å². The molecule has 4 rings (SSSR count). The van der Waals surface area contributed by atoms with Crippen LogP contribution in [0.15, 0.2) is 119 Å². The van der Waals surface area contributed by atoms with Crippen molar-refractivity contribution in [2.75, 3.05) is 0 Å². The molecule has 5 nitrogen and oxygen atoms in total. The van der Waals surface area contributed by atoms with Gasteiger partial charge in [0.05, 0.1) is 9.79 Å². The molecule has 4 aromatic carbocycles. The summed E-state index contributed by atoms with van der Waals surface area (Å²) in [5.41, 5.74) is 1.31. The maximum absolute atomic E-state index is 14.6. The molecular formula is C29H24Cl2O5S2. The van der Waals surface area contributed by atoms with E-state index in [4.69, 9.17) is 23.2 Å². The normalized spacial score (nSPS) is 15.3. The summed E-state index contributed by atoms with van der Waals surface area (Å²) in [6.45, 7) is 3.56. The van der Waals surface area contributed by atoms with Crippen molar-refractivity contribution in [3.8, 4) is 0 Å². The van der Waals surface area contributed by atoms with Crippen molar-refractivity contribution >= 4 is 48.7 Å². The summed E-state index contributed by atoms with van der Waals surface area (Å²) in [6.07, 6.45) is 0. The minimum Gasteiger partial charge on any atom is -0.292 e. The smallest absolute Gasteiger partial charge is 0.235 e. The summed E-state index contributed by atoms with van der Waals surface area (Å²) in [5.74, 6) is -1.42. The number of halogens is 2. The van der Waals surface area contributed by atoms with Crippen LogP contribution in [0, 0.1) is 13.8 Å². The van der Waals surface area contributed by atoms with Crippen LogP contribution in [0.25, 0.3) is 0 Å². The van der Waals surface area contributed by atoms with Gasteiger partial charge in [0.25, 0.3) is 0 Å². The third kappa shape index (κ3) is 4.47. The zero-order valence-corrected chi connectivity index (χ0v) is 23.7. The average molecular weight is 588 g/mol. The van der Waals surface area contributed by atoms with Crippen molar-refractivity contribution in [3.05, 3.63) is 131 Å². The lowest BCUT2D eigenvalue weighted by atomic mass is 10.0. The third-order valence-corrected chi connectivity index (χ3v) is 12.4. The molecule has 0 amide bonds. The third-order valence-electron chi connectivity index (χ3n) is 6.28. The number of aryl methyl sites for hydroxylation is 2. The first-order chi connectivity index (χ1) is 17.9. The molecule has 0 saturated heterocycles. The van der Waals surface area contributed by atoms with Gasteiger partial charge in [0, 0.05) is 0 Å². The van der Waals surface area contributed by atoms with Crippen LogP contribution in [0.4, 0.5) is 0 Å². The van der Waals surface area contributed by atoms with Gasteiger partial charge in [0.15, 0.2) is 0 Å². The fourth-order valence-electron chi connectivity index (χ4n) is 4.09. The lowest BCUT2D eigenvalue weighted by molar-refractivity contribution is -0.120. The van der Waals surface area contributed by atoms with Crippen LogP contribution in [-0.4, -0.2) is 22.6 Å². The van der Waals surface area contributed by atoms with E-state index in [9.17, 15) is 21.6 Å². The fraction of sp³-hybridized carbons (Fsp3) is 0.138. The van der Waals surface area contributed by atoms with Gasteiger partial charge < -0.3 is 0 Å². The minimum absolute atomic E-state index is 0.132. The minimum atomic E-state index is -4.74. The lowest BCUT2D eigenvalue weighted by Gasteiger charge is -2.34. The quantitative estimate of drug-likeness (QED) is 0.226. The molecule has 38 heavy (non-hydrogen) atoms. The molecule has 0 aliphatic rings. The number of Topliss-reactive ketones (excluding diaryl/α,β-unsaturated/α-hetero) is 1. The van der Waals surface area contributed by atoms with E-state index in [0.29, 0.717) is 0 Å². The standard InChI is InChI=1S/C29H24Cl2O5S2/c1-21-13-17-25(18-14-21)37(33,34)28(30,23-9-5-3-6-10-23)27(32)29(31,24-11-7-4-8-12-24)38(35,36)26-19-15-22(2)16-20-26/h3-20H,1-2H3. The second-order valence-electron chi connectivity index (χ2n) is 8.88. The molecule has 196 valence electrons. The highest BCUT2D eigenvalue weighted by Gasteiger charge is 2.64. The summed E-state index contributed by atoms with van der Waals surface area (Å²) in [4.78, 5) is 14.1. The summed E-state index contributed by atoms with van der Waals surface area (Å²) in [6, 6.07) is 26.3. The first-order valence-electron chi connectivity index (χ1n) is 11.5. The van der Waals surface area contributed by atoms with Crippen LogP contribution in [-0.2, 0) is 32.9 Å². The average Bonchev–Trinajstić information content (AvgIpc) is 2.93. The predicted molar refractivity (Wildman–Crippen MR) is 150 cm³/mol. The first kappa shape index (κ1) is 28.0. The molecule has 0 radical (unpaired) electrons. The molecule has 0 heterocycles. The van der Waals surface area contributed by atoms with Crippen molar-refractivity contribution in [1.29, 1.82) is 0 Å². The number of hydrogen-bond donors (Lipinski definition) is 0. The molecular weight excluding hydrogens is 563 g/mol. The van der Waals surface area contributed by atoms with Crippen LogP contribution in [0.3, 0.4) is 0 Å². The Morgan fingerprint density at radius 1 is 0.526 bits per heavy atom. The summed E-state index contributed by atoms with van der Waals surface area (Å²) < 4.78 is 51.0. The van der Waals surface area contributed by atoms with Crippen LogP contribution in [0.1, 0.15) is 22.3 Å². The van der Waals surface area contributed by atoms with Crippen molar-refractivity contribution in [3.63, 3.8) is 0 Å². The Hall–Kier alpha value is -2.97. The van der Waals surface area contributed by atoms with Gasteiger partial charge >= 0.3 is 0 Å². The molecule has 0 fully saturated rings. The molecule has 0 spiro atoms. The summed E-state index contributed by atoms with van der Waals surface area (Å²) in [7, 11) is -9.49. The SMILES string of the molecule is Cc1ccc(S(=O)(=O)C(Cl)(C(=O)C(Cl)(c2ccccc2)S(=O)(=O)c2ccc(C)cc2)c2ccccc2)cc1. The van der Waals surface area contributed by atoms with Crippen molar-refractivity contribution in [1.82, 2.24) is 0 Å². The number of carbonyl (C=O) groups excluding carboxylic acids is 1. The molecule has 0 aliphatic heterocycles. The summed E-state index contributed by atoms with van der Waals surface area (Å²) >= 11 is 13.9. The fourth-order valence-corrected chi connectivity index (χ4v) is 8.71. The number of carbonyl (C=O) groups is 1. The van der Waals surface area contributed by atoms with Gasteiger partial charge in [-0.25, -0.2) is 16.8 Å². The largest absolute Gasteiger partial charge is 0.292 e. The van der Waals surface area contributed by atoms with Crippen molar-refractivity contribution in [2.24, 2.45) is 0 Å². The van der Waals surface area contributed by atoms with Gasteiger partial charge in [-0.2, -0.15) is 0 Å². The Kier molecular flexibility index (Phi) is 7.60. The number of hydrogen-bond acceptors (Lipinski definition) is 5. The zero-order chi connectivity index (χ0) is 27.8. The number of rotatable bonds is 8. The van der Waals surface area contributed by atoms with Gasteiger partial charge in [-0.1, -0.05) is 119 Å². The van der Waals surface area contributed by atoms with Crippen LogP contribution >= 0.6 is 23.2 Å². The zero-order valence-electron chi connectivity index (χ0n) is 20.5. The Morgan fingerprint density at radius 3 is 1.11 bits per heavy atom.